The predicted molar refractivity (Wildman–Crippen MR) is 112 cm³/mol. The number of nitrogens with one attached hydrogen (secondary N) is 2. The lowest BCUT2D eigenvalue weighted by Gasteiger charge is -2.13. The maximum atomic E-state index is 12.6. The second-order valence-electron chi connectivity index (χ2n) is 5.65. The molecule has 2 N–H and O–H groups in total. The molecule has 0 aromatic heterocycles. The average molecular weight is 493 g/mol. The van der Waals surface area contributed by atoms with Crippen molar-refractivity contribution in [2.75, 3.05) is 20.7 Å². The first-order valence-electron chi connectivity index (χ1n) is 8.16. The molecule has 0 spiro atoms. The standard InChI is InChI=1S/C19H22F3N3O.HI/c1-23-18(25-13-15-4-3-5-17(12-15)26-2)24-11-10-14-6-8-16(9-7-14)19(20,21)22;/h3-9,12H,10-11,13H2,1-2H3,(H2,23,24,25);1H. The third-order valence-corrected chi connectivity index (χ3v) is 3.81. The van der Waals surface area contributed by atoms with Crippen molar-refractivity contribution in [3.8, 4) is 5.75 Å². The third-order valence-electron chi connectivity index (χ3n) is 3.81. The molecule has 8 heteroatoms. The molecule has 0 radical (unpaired) electrons. The van der Waals surface area contributed by atoms with E-state index in [1.54, 1.807) is 14.2 Å². The summed E-state index contributed by atoms with van der Waals surface area (Å²) < 4.78 is 42.8. The molecule has 27 heavy (non-hydrogen) atoms. The van der Waals surface area contributed by atoms with E-state index in [1.807, 2.05) is 24.3 Å². The number of benzene rings is 2. The van der Waals surface area contributed by atoms with Gasteiger partial charge in [-0.3, -0.25) is 4.99 Å². The molecular formula is C19H23F3IN3O. The summed E-state index contributed by atoms with van der Waals surface area (Å²) in [5.41, 5.74) is 1.24. The van der Waals surface area contributed by atoms with E-state index in [0.717, 1.165) is 29.0 Å². The van der Waals surface area contributed by atoms with Gasteiger partial charge in [0.2, 0.25) is 0 Å². The quantitative estimate of drug-likeness (QED) is 0.360. The molecule has 0 fully saturated rings. The first-order chi connectivity index (χ1) is 12.4. The maximum Gasteiger partial charge on any atom is 0.416 e. The highest BCUT2D eigenvalue weighted by Crippen LogP contribution is 2.29. The molecule has 0 aliphatic rings. The second kappa shape index (κ2) is 11.0. The van der Waals surface area contributed by atoms with Crippen molar-refractivity contribution in [1.29, 1.82) is 0 Å². The highest BCUT2D eigenvalue weighted by molar-refractivity contribution is 14.0. The summed E-state index contributed by atoms with van der Waals surface area (Å²) in [5, 5.41) is 6.33. The van der Waals surface area contributed by atoms with Crippen molar-refractivity contribution in [2.24, 2.45) is 4.99 Å². The fraction of sp³-hybridized carbons (Fsp3) is 0.316. The number of hydrogen-bond donors (Lipinski definition) is 2. The lowest BCUT2D eigenvalue weighted by Crippen LogP contribution is -2.37. The van der Waals surface area contributed by atoms with Crippen molar-refractivity contribution in [2.45, 2.75) is 19.1 Å². The monoisotopic (exact) mass is 493 g/mol. The Morgan fingerprint density at radius 1 is 1.04 bits per heavy atom. The van der Waals surface area contributed by atoms with Gasteiger partial charge in [-0.15, -0.1) is 24.0 Å². The van der Waals surface area contributed by atoms with Gasteiger partial charge in [0.15, 0.2) is 5.96 Å². The number of halogens is 4. The summed E-state index contributed by atoms with van der Waals surface area (Å²) in [6.07, 6.45) is -3.71. The summed E-state index contributed by atoms with van der Waals surface area (Å²) >= 11 is 0. The Bertz CT molecular complexity index is 734. The molecule has 148 valence electrons. The normalized spacial score (nSPS) is 11.5. The third kappa shape index (κ3) is 7.66. The lowest BCUT2D eigenvalue weighted by atomic mass is 10.1. The van der Waals surface area contributed by atoms with E-state index in [1.165, 1.54) is 12.1 Å². The minimum atomic E-state index is -4.30. The molecule has 0 bridgehead atoms. The van der Waals surface area contributed by atoms with Gasteiger partial charge in [-0.1, -0.05) is 24.3 Å². The largest absolute Gasteiger partial charge is 0.497 e. The summed E-state index contributed by atoms with van der Waals surface area (Å²) in [5.74, 6) is 1.41. The zero-order valence-corrected chi connectivity index (χ0v) is 17.5. The summed E-state index contributed by atoms with van der Waals surface area (Å²) in [7, 11) is 3.29. The van der Waals surface area contributed by atoms with Crippen molar-refractivity contribution in [3.63, 3.8) is 0 Å². The average Bonchev–Trinajstić information content (AvgIpc) is 2.64. The van der Waals surface area contributed by atoms with Crippen LogP contribution in [0.3, 0.4) is 0 Å². The number of aliphatic imine (C=N–C) groups is 1. The fourth-order valence-electron chi connectivity index (χ4n) is 2.37. The smallest absolute Gasteiger partial charge is 0.416 e. The molecule has 0 saturated heterocycles. The van der Waals surface area contributed by atoms with E-state index >= 15 is 0 Å². The van der Waals surface area contributed by atoms with Crippen LogP contribution in [0, 0.1) is 0 Å². The molecule has 0 saturated carbocycles. The van der Waals surface area contributed by atoms with Crippen LogP contribution in [0.1, 0.15) is 16.7 Å². The number of rotatable bonds is 6. The Kier molecular flexibility index (Phi) is 9.40. The fourth-order valence-corrected chi connectivity index (χ4v) is 2.37. The van der Waals surface area contributed by atoms with Crippen LogP contribution in [-0.2, 0) is 19.1 Å². The maximum absolute atomic E-state index is 12.6. The van der Waals surface area contributed by atoms with Crippen LogP contribution >= 0.6 is 24.0 Å². The second-order valence-corrected chi connectivity index (χ2v) is 5.65. The molecule has 0 heterocycles. The van der Waals surface area contributed by atoms with Gasteiger partial charge >= 0.3 is 6.18 Å². The van der Waals surface area contributed by atoms with E-state index < -0.39 is 11.7 Å². The molecule has 0 unspecified atom stereocenters. The van der Waals surface area contributed by atoms with Crippen LogP contribution in [0.5, 0.6) is 5.75 Å². The van der Waals surface area contributed by atoms with Gasteiger partial charge < -0.3 is 15.4 Å². The van der Waals surface area contributed by atoms with Crippen LogP contribution in [0.15, 0.2) is 53.5 Å². The number of alkyl halides is 3. The Morgan fingerprint density at radius 3 is 2.33 bits per heavy atom. The van der Waals surface area contributed by atoms with Crippen LogP contribution in [0.25, 0.3) is 0 Å². The molecule has 2 aromatic rings. The molecule has 2 aromatic carbocycles. The van der Waals surface area contributed by atoms with Crippen molar-refractivity contribution < 1.29 is 17.9 Å². The van der Waals surface area contributed by atoms with Crippen molar-refractivity contribution >= 4 is 29.9 Å². The first-order valence-corrected chi connectivity index (χ1v) is 8.16. The SMILES string of the molecule is CN=C(NCCc1ccc(C(F)(F)F)cc1)NCc1cccc(OC)c1.I. The minimum absolute atomic E-state index is 0. The minimum Gasteiger partial charge on any atom is -0.497 e. The first kappa shape index (κ1) is 23.1. The van der Waals surface area contributed by atoms with E-state index in [4.69, 9.17) is 4.74 Å². The Balaban J connectivity index is 0.00000364. The van der Waals surface area contributed by atoms with Gasteiger partial charge in [0.25, 0.3) is 0 Å². The van der Waals surface area contributed by atoms with Gasteiger partial charge in [-0.05, 0) is 41.8 Å². The summed E-state index contributed by atoms with van der Waals surface area (Å²) in [6.45, 7) is 1.14. The number of nitrogens with zero attached hydrogens (tertiary/aromatic N) is 1. The Labute approximate surface area is 174 Å². The highest BCUT2D eigenvalue weighted by atomic mass is 127. The van der Waals surface area contributed by atoms with E-state index in [-0.39, 0.29) is 24.0 Å². The van der Waals surface area contributed by atoms with Crippen LogP contribution in [-0.4, -0.2) is 26.7 Å². The van der Waals surface area contributed by atoms with E-state index in [0.29, 0.717) is 25.5 Å². The van der Waals surface area contributed by atoms with E-state index in [2.05, 4.69) is 15.6 Å². The van der Waals surface area contributed by atoms with Crippen LogP contribution in [0.4, 0.5) is 13.2 Å². The topological polar surface area (TPSA) is 45.7 Å². The number of ether oxygens (including phenoxy) is 1. The number of methoxy groups -OCH3 is 1. The zero-order valence-electron chi connectivity index (χ0n) is 15.1. The van der Waals surface area contributed by atoms with Crippen molar-refractivity contribution in [1.82, 2.24) is 10.6 Å². The molecule has 0 atom stereocenters. The Morgan fingerprint density at radius 2 is 1.74 bits per heavy atom. The summed E-state index contributed by atoms with van der Waals surface area (Å²) in [6, 6.07) is 12.9. The number of guanidine groups is 1. The van der Waals surface area contributed by atoms with Gasteiger partial charge in [0, 0.05) is 20.1 Å². The predicted octanol–water partition coefficient (Wildman–Crippen LogP) is 4.24. The molecule has 0 aliphatic heterocycles. The van der Waals surface area contributed by atoms with Gasteiger partial charge in [-0.2, -0.15) is 13.2 Å². The summed E-state index contributed by atoms with van der Waals surface area (Å²) in [4.78, 5) is 4.14. The van der Waals surface area contributed by atoms with Gasteiger partial charge in [-0.25, -0.2) is 0 Å². The lowest BCUT2D eigenvalue weighted by molar-refractivity contribution is -0.137. The molecular weight excluding hydrogens is 470 g/mol. The van der Waals surface area contributed by atoms with Gasteiger partial charge in [0.1, 0.15) is 5.75 Å². The number of hydrogen-bond acceptors (Lipinski definition) is 2. The Hall–Kier alpha value is -1.97. The van der Waals surface area contributed by atoms with Crippen molar-refractivity contribution in [3.05, 3.63) is 65.2 Å². The zero-order chi connectivity index (χ0) is 19.0. The highest BCUT2D eigenvalue weighted by Gasteiger charge is 2.29. The van der Waals surface area contributed by atoms with E-state index in [9.17, 15) is 13.2 Å². The molecule has 0 aliphatic carbocycles. The molecule has 0 amide bonds. The van der Waals surface area contributed by atoms with Crippen LogP contribution < -0.4 is 15.4 Å². The van der Waals surface area contributed by atoms with Crippen LogP contribution in [0.2, 0.25) is 0 Å². The molecule has 4 nitrogen and oxygen atoms in total. The van der Waals surface area contributed by atoms with Gasteiger partial charge in [0.05, 0.1) is 12.7 Å². The molecule has 2 rings (SSSR count).